The molecule has 8 heteroatoms. The summed E-state index contributed by atoms with van der Waals surface area (Å²) in [5.74, 6) is -0.505. The minimum Gasteiger partial charge on any atom is -0.497 e. The number of hydrogen-bond donors (Lipinski definition) is 1. The van der Waals surface area contributed by atoms with E-state index in [1.807, 2.05) is 20.8 Å². The monoisotopic (exact) mass is 420 g/mol. The molecule has 2 aromatic carbocycles. The normalized spacial score (nSPS) is 19.6. The second kappa shape index (κ2) is 7.43. The molecule has 1 amide bonds. The fourth-order valence-electron chi connectivity index (χ4n) is 3.16. The van der Waals surface area contributed by atoms with E-state index >= 15 is 0 Å². The molecule has 30 heavy (non-hydrogen) atoms. The summed E-state index contributed by atoms with van der Waals surface area (Å²) >= 11 is 0. The molecule has 3 rings (SSSR count). The average molecular weight is 420 g/mol. The standard InChI is InChI=1S/C22H23F3N2O3/c1-20(2,3)16-9-5-15(6-10-16)19(28)27-21(29,22(23,24)25)13-18(26-27)14-7-11-17(30-4)12-8-14/h5-12,29H,13H2,1-4H3/t21-/m1/s1. The van der Waals surface area contributed by atoms with Gasteiger partial charge in [-0.15, -0.1) is 0 Å². The van der Waals surface area contributed by atoms with Crippen molar-refractivity contribution in [2.75, 3.05) is 7.11 Å². The molecule has 1 atom stereocenters. The minimum absolute atomic E-state index is 0.00501. The number of aliphatic hydroxyl groups is 1. The number of carbonyl (C=O) groups is 1. The summed E-state index contributed by atoms with van der Waals surface area (Å²) in [4.78, 5) is 12.9. The summed E-state index contributed by atoms with van der Waals surface area (Å²) in [5.41, 5.74) is -2.36. The molecular weight excluding hydrogens is 397 g/mol. The van der Waals surface area contributed by atoms with Crippen molar-refractivity contribution in [3.05, 3.63) is 65.2 Å². The highest BCUT2D eigenvalue weighted by Crippen LogP contribution is 2.42. The van der Waals surface area contributed by atoms with E-state index in [4.69, 9.17) is 4.74 Å². The van der Waals surface area contributed by atoms with E-state index in [1.54, 1.807) is 24.3 Å². The van der Waals surface area contributed by atoms with E-state index in [1.165, 1.54) is 31.4 Å². The van der Waals surface area contributed by atoms with Crippen LogP contribution in [0.2, 0.25) is 0 Å². The Kier molecular flexibility index (Phi) is 5.41. The average Bonchev–Trinajstić information content (AvgIpc) is 3.06. The van der Waals surface area contributed by atoms with Crippen LogP contribution in [0.5, 0.6) is 5.75 Å². The molecule has 0 saturated carbocycles. The maximum absolute atomic E-state index is 13.8. The van der Waals surface area contributed by atoms with Crippen LogP contribution in [0.25, 0.3) is 0 Å². The molecule has 160 valence electrons. The fraction of sp³-hybridized carbons (Fsp3) is 0.364. The van der Waals surface area contributed by atoms with Crippen LogP contribution in [-0.2, 0) is 5.41 Å². The van der Waals surface area contributed by atoms with Gasteiger partial charge >= 0.3 is 6.18 Å². The van der Waals surface area contributed by atoms with Crippen LogP contribution >= 0.6 is 0 Å². The van der Waals surface area contributed by atoms with Crippen molar-refractivity contribution in [1.29, 1.82) is 0 Å². The number of nitrogens with zero attached hydrogens (tertiary/aromatic N) is 2. The largest absolute Gasteiger partial charge is 0.497 e. The first-order valence-corrected chi connectivity index (χ1v) is 9.33. The molecular formula is C22H23F3N2O3. The number of hydrazone groups is 1. The summed E-state index contributed by atoms with van der Waals surface area (Å²) in [6.45, 7) is 5.95. The van der Waals surface area contributed by atoms with Crippen molar-refractivity contribution in [1.82, 2.24) is 5.01 Å². The molecule has 1 heterocycles. The first-order chi connectivity index (χ1) is 13.9. The van der Waals surface area contributed by atoms with Gasteiger partial charge in [-0.1, -0.05) is 32.9 Å². The van der Waals surface area contributed by atoms with Gasteiger partial charge in [0.25, 0.3) is 11.6 Å². The molecule has 1 N–H and O–H groups in total. The first-order valence-electron chi connectivity index (χ1n) is 9.33. The van der Waals surface area contributed by atoms with E-state index in [9.17, 15) is 23.1 Å². The van der Waals surface area contributed by atoms with Crippen molar-refractivity contribution in [2.24, 2.45) is 5.10 Å². The van der Waals surface area contributed by atoms with Crippen molar-refractivity contribution in [2.45, 2.75) is 44.5 Å². The highest BCUT2D eigenvalue weighted by molar-refractivity contribution is 6.05. The second-order valence-electron chi connectivity index (χ2n) is 8.21. The summed E-state index contributed by atoms with van der Waals surface area (Å²) in [5, 5.41) is 14.5. The Balaban J connectivity index is 1.99. The Bertz CT molecular complexity index is 961. The van der Waals surface area contributed by atoms with Gasteiger partial charge in [0.05, 0.1) is 19.2 Å². The molecule has 0 saturated heterocycles. The zero-order chi connectivity index (χ0) is 22.3. The van der Waals surface area contributed by atoms with Gasteiger partial charge in [-0.3, -0.25) is 4.79 Å². The van der Waals surface area contributed by atoms with E-state index in [0.717, 1.165) is 5.56 Å². The van der Waals surface area contributed by atoms with Gasteiger partial charge in [0.15, 0.2) is 0 Å². The Morgan fingerprint density at radius 2 is 1.63 bits per heavy atom. The predicted molar refractivity (Wildman–Crippen MR) is 106 cm³/mol. The molecule has 0 radical (unpaired) electrons. The molecule has 5 nitrogen and oxygen atoms in total. The van der Waals surface area contributed by atoms with Crippen molar-refractivity contribution in [3.63, 3.8) is 0 Å². The van der Waals surface area contributed by atoms with Gasteiger partial charge in [-0.2, -0.15) is 23.3 Å². The van der Waals surface area contributed by atoms with E-state index in [0.29, 0.717) is 11.3 Å². The molecule has 2 aromatic rings. The number of amides is 1. The van der Waals surface area contributed by atoms with Crippen LogP contribution in [0, 0.1) is 0 Å². The predicted octanol–water partition coefficient (Wildman–Crippen LogP) is 4.49. The molecule has 0 unspecified atom stereocenters. The number of hydrogen-bond acceptors (Lipinski definition) is 4. The second-order valence-corrected chi connectivity index (χ2v) is 8.21. The lowest BCUT2D eigenvalue weighted by atomic mass is 9.86. The topological polar surface area (TPSA) is 62.1 Å². The van der Waals surface area contributed by atoms with E-state index in [-0.39, 0.29) is 21.7 Å². The zero-order valence-electron chi connectivity index (χ0n) is 17.1. The molecule has 0 aliphatic carbocycles. The SMILES string of the molecule is COc1ccc(C2=NN(C(=O)c3ccc(C(C)(C)C)cc3)[C@](O)(C(F)(F)F)C2)cc1. The lowest BCUT2D eigenvalue weighted by molar-refractivity contribution is -0.297. The maximum Gasteiger partial charge on any atom is 0.438 e. The van der Waals surface area contributed by atoms with Gasteiger partial charge in [0.1, 0.15) is 5.75 Å². The molecule has 0 fully saturated rings. The van der Waals surface area contributed by atoms with Crippen LogP contribution in [0.3, 0.4) is 0 Å². The van der Waals surface area contributed by atoms with Crippen LogP contribution < -0.4 is 4.74 Å². The van der Waals surface area contributed by atoms with Gasteiger partial charge < -0.3 is 9.84 Å². The van der Waals surface area contributed by atoms with E-state index < -0.39 is 24.2 Å². The van der Waals surface area contributed by atoms with Crippen molar-refractivity contribution in [3.8, 4) is 5.75 Å². The molecule has 0 aromatic heterocycles. The summed E-state index contributed by atoms with van der Waals surface area (Å²) < 4.78 is 46.3. The van der Waals surface area contributed by atoms with Crippen LogP contribution in [0.4, 0.5) is 13.2 Å². The van der Waals surface area contributed by atoms with Crippen LogP contribution in [0.15, 0.2) is 53.6 Å². The fourth-order valence-corrected chi connectivity index (χ4v) is 3.16. The Morgan fingerprint density at radius 1 is 1.07 bits per heavy atom. The smallest absolute Gasteiger partial charge is 0.438 e. The van der Waals surface area contributed by atoms with Gasteiger partial charge in [0.2, 0.25) is 0 Å². The van der Waals surface area contributed by atoms with Crippen molar-refractivity contribution >= 4 is 11.6 Å². The van der Waals surface area contributed by atoms with Crippen LogP contribution in [-0.4, -0.2) is 40.7 Å². The summed E-state index contributed by atoms with van der Waals surface area (Å²) in [6, 6.07) is 12.5. The number of alkyl halides is 3. The number of halogens is 3. The molecule has 1 aliphatic rings. The number of ether oxygens (including phenoxy) is 1. The Labute approximate surface area is 172 Å². The quantitative estimate of drug-likeness (QED) is 0.796. The minimum atomic E-state index is -5.09. The number of benzene rings is 2. The number of methoxy groups -OCH3 is 1. The Morgan fingerprint density at radius 3 is 2.10 bits per heavy atom. The lowest BCUT2D eigenvalue weighted by Gasteiger charge is -2.32. The summed E-state index contributed by atoms with van der Waals surface area (Å²) in [7, 11) is 1.47. The maximum atomic E-state index is 13.8. The highest BCUT2D eigenvalue weighted by Gasteiger charge is 2.63. The first kappa shape index (κ1) is 21.8. The van der Waals surface area contributed by atoms with Gasteiger partial charge in [-0.05, 0) is 52.9 Å². The van der Waals surface area contributed by atoms with Crippen LogP contribution in [0.1, 0.15) is 48.7 Å². The molecule has 1 aliphatic heterocycles. The van der Waals surface area contributed by atoms with E-state index in [2.05, 4.69) is 5.10 Å². The highest BCUT2D eigenvalue weighted by atomic mass is 19.4. The zero-order valence-corrected chi connectivity index (χ0v) is 17.1. The van der Waals surface area contributed by atoms with Crippen molar-refractivity contribution < 1.29 is 27.8 Å². The third-order valence-electron chi connectivity index (χ3n) is 5.05. The Hall–Kier alpha value is -2.87. The lowest BCUT2D eigenvalue weighted by Crippen LogP contribution is -2.56. The third kappa shape index (κ3) is 3.92. The summed E-state index contributed by atoms with van der Waals surface area (Å²) in [6.07, 6.45) is -5.96. The number of rotatable bonds is 3. The van der Waals surface area contributed by atoms with Gasteiger partial charge in [-0.25, -0.2) is 0 Å². The van der Waals surface area contributed by atoms with Gasteiger partial charge in [0, 0.05) is 5.56 Å². The third-order valence-corrected chi connectivity index (χ3v) is 5.05. The molecule has 0 spiro atoms. The molecule has 0 bridgehead atoms. The number of carbonyl (C=O) groups excluding carboxylic acids is 1.